The molecule has 1 aliphatic heterocycles. The fourth-order valence-corrected chi connectivity index (χ4v) is 5.86. The van der Waals surface area contributed by atoms with Gasteiger partial charge < -0.3 is 15.1 Å². The molecular formula is C28H32F2N2O4S. The third kappa shape index (κ3) is 6.11. The van der Waals surface area contributed by atoms with Gasteiger partial charge >= 0.3 is 0 Å². The first-order valence-electron chi connectivity index (χ1n) is 12.3. The summed E-state index contributed by atoms with van der Waals surface area (Å²) in [5.41, 5.74) is 0.440. The minimum atomic E-state index is -3.34. The summed E-state index contributed by atoms with van der Waals surface area (Å²) in [6.07, 6.45) is 2.31. The van der Waals surface area contributed by atoms with Gasteiger partial charge in [-0.25, -0.2) is 17.2 Å². The molecule has 0 amide bonds. The standard InChI is InChI=1S/C28H32F2N2O4S/c1-3-27(21-6-4-7-25(33)14-21)28(34)19-31(24-16-22(29)15-23(30)17-24)12-5-13-32(28)18-20-8-10-26(11-9-20)37(2,35)36/h4,6-11,14-17,27,33-34H,3,5,12-13,18-19H2,1-2H3. The van der Waals surface area contributed by atoms with Crippen molar-refractivity contribution in [3.05, 3.63) is 89.5 Å². The van der Waals surface area contributed by atoms with Gasteiger partial charge in [0.2, 0.25) is 0 Å². The smallest absolute Gasteiger partial charge is 0.175 e. The molecule has 3 aromatic rings. The molecule has 2 atom stereocenters. The van der Waals surface area contributed by atoms with E-state index in [1.54, 1.807) is 47.4 Å². The van der Waals surface area contributed by atoms with E-state index in [2.05, 4.69) is 0 Å². The number of hydrogen-bond donors (Lipinski definition) is 2. The molecule has 0 aliphatic carbocycles. The summed E-state index contributed by atoms with van der Waals surface area (Å²) in [6, 6.07) is 16.7. The van der Waals surface area contributed by atoms with Crippen molar-refractivity contribution in [2.24, 2.45) is 0 Å². The number of hydrogen-bond acceptors (Lipinski definition) is 6. The number of β-amino-alcohol motifs (C(OH)–C–C–N with tert-alkyl or cyclic N) is 1. The predicted octanol–water partition coefficient (Wildman–Crippen LogP) is 4.67. The Morgan fingerprint density at radius 1 is 1.00 bits per heavy atom. The monoisotopic (exact) mass is 530 g/mol. The largest absolute Gasteiger partial charge is 0.508 e. The van der Waals surface area contributed by atoms with E-state index in [4.69, 9.17) is 0 Å². The molecule has 0 bridgehead atoms. The number of aromatic hydroxyl groups is 1. The van der Waals surface area contributed by atoms with E-state index in [9.17, 15) is 27.4 Å². The van der Waals surface area contributed by atoms with E-state index in [1.807, 2.05) is 17.9 Å². The zero-order valence-corrected chi connectivity index (χ0v) is 21.8. The second kappa shape index (κ2) is 10.8. The number of anilines is 1. The van der Waals surface area contributed by atoms with Crippen LogP contribution >= 0.6 is 0 Å². The highest BCUT2D eigenvalue weighted by atomic mass is 32.2. The average molecular weight is 531 g/mol. The van der Waals surface area contributed by atoms with Crippen molar-refractivity contribution in [3.8, 4) is 5.75 Å². The number of phenolic OH excluding ortho intramolecular Hbond substituents is 1. The van der Waals surface area contributed by atoms with Crippen LogP contribution in [0.15, 0.2) is 71.6 Å². The zero-order chi connectivity index (χ0) is 26.8. The van der Waals surface area contributed by atoms with E-state index in [0.717, 1.165) is 23.4 Å². The first-order valence-corrected chi connectivity index (χ1v) is 14.1. The number of phenols is 1. The van der Waals surface area contributed by atoms with E-state index in [-0.39, 0.29) is 17.2 Å². The summed E-state index contributed by atoms with van der Waals surface area (Å²) in [6.45, 7) is 3.33. The van der Waals surface area contributed by atoms with Crippen LogP contribution in [0.25, 0.3) is 0 Å². The third-order valence-electron chi connectivity index (χ3n) is 7.00. The van der Waals surface area contributed by atoms with Gasteiger partial charge in [0.15, 0.2) is 9.84 Å². The van der Waals surface area contributed by atoms with Crippen molar-refractivity contribution in [1.29, 1.82) is 0 Å². The Kier molecular flexibility index (Phi) is 7.87. The number of nitrogens with zero attached hydrogens (tertiary/aromatic N) is 2. The lowest BCUT2D eigenvalue weighted by atomic mass is 9.84. The Morgan fingerprint density at radius 2 is 1.68 bits per heavy atom. The van der Waals surface area contributed by atoms with Gasteiger partial charge in [0, 0.05) is 43.6 Å². The van der Waals surface area contributed by atoms with Crippen molar-refractivity contribution in [2.45, 2.75) is 42.8 Å². The molecule has 2 unspecified atom stereocenters. The van der Waals surface area contributed by atoms with Gasteiger partial charge in [-0.2, -0.15) is 0 Å². The summed E-state index contributed by atoms with van der Waals surface area (Å²) in [4.78, 5) is 3.95. The van der Waals surface area contributed by atoms with Crippen molar-refractivity contribution >= 4 is 15.5 Å². The fraction of sp³-hybridized carbons (Fsp3) is 0.357. The second-order valence-corrected chi connectivity index (χ2v) is 11.7. The summed E-state index contributed by atoms with van der Waals surface area (Å²) < 4.78 is 51.9. The van der Waals surface area contributed by atoms with Crippen LogP contribution in [0.5, 0.6) is 5.75 Å². The summed E-state index contributed by atoms with van der Waals surface area (Å²) in [7, 11) is -3.34. The van der Waals surface area contributed by atoms with Gasteiger partial charge in [-0.3, -0.25) is 4.90 Å². The van der Waals surface area contributed by atoms with E-state index in [0.29, 0.717) is 38.2 Å². The quantitative estimate of drug-likeness (QED) is 0.462. The lowest BCUT2D eigenvalue weighted by molar-refractivity contribution is -0.122. The van der Waals surface area contributed by atoms with Crippen molar-refractivity contribution in [1.82, 2.24) is 4.90 Å². The minimum absolute atomic E-state index is 0.0749. The van der Waals surface area contributed by atoms with Crippen molar-refractivity contribution in [2.75, 3.05) is 30.8 Å². The molecule has 1 saturated heterocycles. The maximum atomic E-state index is 14.1. The molecular weight excluding hydrogens is 498 g/mol. The van der Waals surface area contributed by atoms with E-state index >= 15 is 0 Å². The molecule has 0 spiro atoms. The molecule has 1 fully saturated rings. The van der Waals surface area contributed by atoms with Crippen LogP contribution in [-0.4, -0.2) is 55.1 Å². The van der Waals surface area contributed by atoms with Crippen LogP contribution in [-0.2, 0) is 16.4 Å². The molecule has 3 aromatic carbocycles. The molecule has 4 rings (SSSR count). The zero-order valence-electron chi connectivity index (χ0n) is 20.9. The van der Waals surface area contributed by atoms with Crippen LogP contribution in [0, 0.1) is 11.6 Å². The van der Waals surface area contributed by atoms with E-state index in [1.165, 1.54) is 12.1 Å². The fourth-order valence-electron chi connectivity index (χ4n) is 5.23. The Balaban J connectivity index is 1.75. The average Bonchev–Trinajstić information content (AvgIpc) is 2.98. The topological polar surface area (TPSA) is 81.1 Å². The Labute approximate surface area is 216 Å². The molecule has 0 aromatic heterocycles. The minimum Gasteiger partial charge on any atom is -0.508 e. The van der Waals surface area contributed by atoms with Gasteiger partial charge in [0.1, 0.15) is 23.1 Å². The molecule has 0 radical (unpaired) electrons. The van der Waals surface area contributed by atoms with Gasteiger partial charge in [-0.1, -0.05) is 31.2 Å². The van der Waals surface area contributed by atoms with Gasteiger partial charge in [-0.05, 0) is 60.4 Å². The molecule has 37 heavy (non-hydrogen) atoms. The molecule has 2 N–H and O–H groups in total. The maximum Gasteiger partial charge on any atom is 0.175 e. The van der Waals surface area contributed by atoms with Crippen molar-refractivity contribution in [3.63, 3.8) is 0 Å². The SMILES string of the molecule is CCC(c1cccc(O)c1)C1(O)CN(c2cc(F)cc(F)c2)CCCN1Cc1ccc(S(C)(=O)=O)cc1. The predicted molar refractivity (Wildman–Crippen MR) is 139 cm³/mol. The highest BCUT2D eigenvalue weighted by Crippen LogP contribution is 2.39. The summed E-state index contributed by atoms with van der Waals surface area (Å²) in [5.74, 6) is -1.73. The normalized spacial score (nSPS) is 20.0. The summed E-state index contributed by atoms with van der Waals surface area (Å²) in [5, 5.41) is 22.6. The first-order chi connectivity index (χ1) is 17.5. The number of rotatable bonds is 7. The Bertz CT molecular complexity index is 1330. The second-order valence-electron chi connectivity index (χ2n) is 9.67. The van der Waals surface area contributed by atoms with Crippen LogP contribution in [0.2, 0.25) is 0 Å². The van der Waals surface area contributed by atoms with Crippen LogP contribution < -0.4 is 4.90 Å². The van der Waals surface area contributed by atoms with Crippen LogP contribution in [0.3, 0.4) is 0 Å². The molecule has 198 valence electrons. The van der Waals surface area contributed by atoms with Gasteiger partial charge in [0.05, 0.1) is 11.4 Å². The lowest BCUT2D eigenvalue weighted by Gasteiger charge is -2.46. The lowest BCUT2D eigenvalue weighted by Crippen LogP contribution is -2.57. The highest BCUT2D eigenvalue weighted by Gasteiger charge is 2.45. The number of benzene rings is 3. The molecule has 1 heterocycles. The molecule has 1 aliphatic rings. The highest BCUT2D eigenvalue weighted by molar-refractivity contribution is 7.90. The first kappa shape index (κ1) is 27.0. The molecule has 6 nitrogen and oxygen atoms in total. The molecule has 9 heteroatoms. The number of sulfone groups is 1. The van der Waals surface area contributed by atoms with Crippen LogP contribution in [0.1, 0.15) is 36.8 Å². The number of aliphatic hydroxyl groups is 1. The van der Waals surface area contributed by atoms with Crippen molar-refractivity contribution < 1.29 is 27.4 Å². The Morgan fingerprint density at radius 3 is 2.27 bits per heavy atom. The molecule has 0 saturated carbocycles. The van der Waals surface area contributed by atoms with E-state index < -0.39 is 33.1 Å². The Hall–Kier alpha value is -3.01. The maximum absolute atomic E-state index is 14.1. The number of halogens is 2. The van der Waals surface area contributed by atoms with Gasteiger partial charge in [-0.15, -0.1) is 0 Å². The third-order valence-corrected chi connectivity index (χ3v) is 8.13. The summed E-state index contributed by atoms with van der Waals surface area (Å²) >= 11 is 0. The van der Waals surface area contributed by atoms with Crippen LogP contribution in [0.4, 0.5) is 14.5 Å². The van der Waals surface area contributed by atoms with Gasteiger partial charge in [0.25, 0.3) is 0 Å².